The number of anilines is 1. The number of hydrogen-bond acceptors (Lipinski definition) is 3. The minimum atomic E-state index is -0.317. The molecule has 134 valence electrons. The van der Waals surface area contributed by atoms with E-state index < -0.39 is 0 Å². The summed E-state index contributed by atoms with van der Waals surface area (Å²) < 4.78 is 10.9. The number of amides is 2. The second-order valence-corrected chi connectivity index (χ2v) is 6.14. The fraction of sp³-hybridized carbons (Fsp3) is 0.316. The molecule has 0 radical (unpaired) electrons. The predicted octanol–water partition coefficient (Wildman–Crippen LogP) is 4.47. The number of nitrogens with one attached hydrogen (secondary N) is 2. The molecule has 0 aliphatic heterocycles. The number of aryl methyl sites for hydroxylation is 2. The van der Waals surface area contributed by atoms with Gasteiger partial charge in [0, 0.05) is 5.69 Å². The first-order valence-electron chi connectivity index (χ1n) is 8.00. The van der Waals surface area contributed by atoms with Crippen LogP contribution in [0.3, 0.4) is 0 Å². The summed E-state index contributed by atoms with van der Waals surface area (Å²) in [4.78, 5) is 11.9. The van der Waals surface area contributed by atoms with Crippen LogP contribution in [0, 0.1) is 20.8 Å². The maximum Gasteiger partial charge on any atom is 0.319 e. The molecule has 2 amide bonds. The topological polar surface area (TPSA) is 59.6 Å². The third-order valence-corrected chi connectivity index (χ3v) is 4.21. The van der Waals surface area contributed by atoms with Gasteiger partial charge in [0.15, 0.2) is 0 Å². The Labute approximate surface area is 153 Å². The predicted molar refractivity (Wildman–Crippen MR) is 101 cm³/mol. The lowest BCUT2D eigenvalue weighted by Crippen LogP contribution is -2.32. The summed E-state index contributed by atoms with van der Waals surface area (Å²) in [5, 5.41) is 5.91. The van der Waals surface area contributed by atoms with Crippen molar-refractivity contribution in [2.24, 2.45) is 0 Å². The highest BCUT2D eigenvalue weighted by molar-refractivity contribution is 6.32. The molecule has 0 fully saturated rings. The largest absolute Gasteiger partial charge is 0.495 e. The van der Waals surface area contributed by atoms with Gasteiger partial charge in [0.25, 0.3) is 0 Å². The van der Waals surface area contributed by atoms with Crippen LogP contribution in [0.15, 0.2) is 30.3 Å². The molecule has 6 heteroatoms. The van der Waals surface area contributed by atoms with Crippen LogP contribution in [0.2, 0.25) is 5.02 Å². The van der Waals surface area contributed by atoms with E-state index in [1.54, 1.807) is 25.3 Å². The van der Waals surface area contributed by atoms with Crippen molar-refractivity contribution in [1.82, 2.24) is 5.32 Å². The molecular weight excluding hydrogens is 340 g/mol. The Hall–Kier alpha value is -2.40. The van der Waals surface area contributed by atoms with Gasteiger partial charge >= 0.3 is 6.03 Å². The molecule has 5 nitrogen and oxygen atoms in total. The summed E-state index contributed by atoms with van der Waals surface area (Å²) >= 11 is 6.03. The lowest BCUT2D eigenvalue weighted by atomic mass is 10.1. The molecule has 0 aromatic heterocycles. The Balaban J connectivity index is 1.81. The normalized spacial score (nSPS) is 10.3. The van der Waals surface area contributed by atoms with E-state index in [0.29, 0.717) is 29.6 Å². The van der Waals surface area contributed by atoms with E-state index in [9.17, 15) is 4.79 Å². The zero-order valence-electron chi connectivity index (χ0n) is 14.9. The van der Waals surface area contributed by atoms with Crippen molar-refractivity contribution in [3.63, 3.8) is 0 Å². The Morgan fingerprint density at radius 2 is 1.84 bits per heavy atom. The van der Waals surface area contributed by atoms with E-state index in [1.165, 1.54) is 5.56 Å². The summed E-state index contributed by atoms with van der Waals surface area (Å²) in [6, 6.07) is 8.84. The first kappa shape index (κ1) is 18.9. The van der Waals surface area contributed by atoms with Gasteiger partial charge in [-0.2, -0.15) is 0 Å². The summed E-state index contributed by atoms with van der Waals surface area (Å²) in [6.07, 6.45) is 0. The first-order valence-corrected chi connectivity index (χ1v) is 8.38. The van der Waals surface area contributed by atoms with Crippen LogP contribution in [-0.2, 0) is 0 Å². The quantitative estimate of drug-likeness (QED) is 0.745. The van der Waals surface area contributed by atoms with Gasteiger partial charge in [-0.15, -0.1) is 0 Å². The maximum absolute atomic E-state index is 11.9. The van der Waals surface area contributed by atoms with Crippen LogP contribution in [0.4, 0.5) is 10.5 Å². The summed E-state index contributed by atoms with van der Waals surface area (Å²) in [5.74, 6) is 1.44. The number of methoxy groups -OCH3 is 1. The summed E-state index contributed by atoms with van der Waals surface area (Å²) in [7, 11) is 1.54. The minimum absolute atomic E-state index is 0.317. The number of ether oxygens (including phenoxy) is 2. The number of carbonyl (C=O) groups is 1. The van der Waals surface area contributed by atoms with Gasteiger partial charge in [-0.3, -0.25) is 0 Å². The van der Waals surface area contributed by atoms with Crippen molar-refractivity contribution in [3.05, 3.63) is 52.0 Å². The standard InChI is InChI=1S/C19H23ClN2O3/c1-12-5-6-13(2)18(14(12)3)25-10-9-21-19(23)22-15-7-8-17(24-4)16(20)11-15/h5-8,11H,9-10H2,1-4H3,(H2,21,22,23). The zero-order valence-corrected chi connectivity index (χ0v) is 15.7. The third kappa shape index (κ3) is 5.03. The number of urea groups is 1. The van der Waals surface area contributed by atoms with E-state index in [1.807, 2.05) is 26.8 Å². The minimum Gasteiger partial charge on any atom is -0.495 e. The van der Waals surface area contributed by atoms with Gasteiger partial charge < -0.3 is 20.1 Å². The average Bonchev–Trinajstić information content (AvgIpc) is 2.58. The van der Waals surface area contributed by atoms with E-state index >= 15 is 0 Å². The fourth-order valence-electron chi connectivity index (χ4n) is 2.38. The molecular formula is C19H23ClN2O3. The van der Waals surface area contributed by atoms with Crippen molar-refractivity contribution in [3.8, 4) is 11.5 Å². The van der Waals surface area contributed by atoms with Crippen molar-refractivity contribution in [2.45, 2.75) is 20.8 Å². The molecule has 0 unspecified atom stereocenters. The molecule has 25 heavy (non-hydrogen) atoms. The Bertz CT molecular complexity index is 763. The zero-order chi connectivity index (χ0) is 18.4. The number of hydrogen-bond donors (Lipinski definition) is 2. The van der Waals surface area contributed by atoms with Crippen molar-refractivity contribution >= 4 is 23.3 Å². The summed E-state index contributed by atoms with van der Waals surface area (Å²) in [6.45, 7) is 6.87. The van der Waals surface area contributed by atoms with Crippen LogP contribution in [0.5, 0.6) is 11.5 Å². The molecule has 0 aliphatic carbocycles. The molecule has 0 atom stereocenters. The van der Waals surface area contributed by atoms with Crippen molar-refractivity contribution < 1.29 is 14.3 Å². The molecule has 0 aliphatic rings. The Morgan fingerprint density at radius 3 is 2.52 bits per heavy atom. The van der Waals surface area contributed by atoms with Gasteiger partial charge in [-0.05, 0) is 55.7 Å². The third-order valence-electron chi connectivity index (χ3n) is 3.92. The van der Waals surface area contributed by atoms with Crippen LogP contribution in [0.25, 0.3) is 0 Å². The van der Waals surface area contributed by atoms with Crippen molar-refractivity contribution in [1.29, 1.82) is 0 Å². The lowest BCUT2D eigenvalue weighted by molar-refractivity contribution is 0.247. The highest BCUT2D eigenvalue weighted by Gasteiger charge is 2.08. The van der Waals surface area contributed by atoms with Crippen molar-refractivity contribution in [2.75, 3.05) is 25.6 Å². The molecule has 2 N–H and O–H groups in total. The van der Waals surface area contributed by atoms with Gasteiger partial charge in [0.05, 0.1) is 18.7 Å². The smallest absolute Gasteiger partial charge is 0.319 e. The molecule has 2 aromatic rings. The highest BCUT2D eigenvalue weighted by atomic mass is 35.5. The van der Waals surface area contributed by atoms with E-state index in [4.69, 9.17) is 21.1 Å². The molecule has 0 heterocycles. The van der Waals surface area contributed by atoms with Crippen LogP contribution < -0.4 is 20.1 Å². The number of halogens is 1. The lowest BCUT2D eigenvalue weighted by Gasteiger charge is -2.14. The van der Waals surface area contributed by atoms with Crippen LogP contribution >= 0.6 is 11.6 Å². The Kier molecular flexibility index (Phi) is 6.53. The molecule has 0 spiro atoms. The van der Waals surface area contributed by atoms with Gasteiger partial charge in [-0.1, -0.05) is 23.7 Å². The monoisotopic (exact) mass is 362 g/mol. The second-order valence-electron chi connectivity index (χ2n) is 5.73. The Morgan fingerprint density at radius 1 is 1.12 bits per heavy atom. The fourth-order valence-corrected chi connectivity index (χ4v) is 2.64. The SMILES string of the molecule is COc1ccc(NC(=O)NCCOc2c(C)ccc(C)c2C)cc1Cl. The molecule has 0 saturated heterocycles. The number of carbonyl (C=O) groups excluding carboxylic acids is 1. The average molecular weight is 363 g/mol. The molecule has 2 aromatic carbocycles. The molecule has 0 saturated carbocycles. The van der Waals surface area contributed by atoms with Crippen LogP contribution in [0.1, 0.15) is 16.7 Å². The van der Waals surface area contributed by atoms with Crippen LogP contribution in [-0.4, -0.2) is 26.3 Å². The number of benzene rings is 2. The number of rotatable bonds is 6. The maximum atomic E-state index is 11.9. The second kappa shape index (κ2) is 8.62. The van der Waals surface area contributed by atoms with Gasteiger partial charge in [0.2, 0.25) is 0 Å². The summed E-state index contributed by atoms with van der Waals surface area (Å²) in [5.41, 5.74) is 3.98. The van der Waals surface area contributed by atoms with E-state index in [2.05, 4.69) is 16.7 Å². The van der Waals surface area contributed by atoms with Gasteiger partial charge in [-0.25, -0.2) is 4.79 Å². The van der Waals surface area contributed by atoms with Gasteiger partial charge in [0.1, 0.15) is 18.1 Å². The van der Waals surface area contributed by atoms with E-state index in [0.717, 1.165) is 16.9 Å². The first-order chi connectivity index (χ1) is 11.9. The molecule has 2 rings (SSSR count). The highest BCUT2D eigenvalue weighted by Crippen LogP contribution is 2.27. The van der Waals surface area contributed by atoms with E-state index in [-0.39, 0.29) is 6.03 Å². The molecule has 0 bridgehead atoms.